The molecule has 0 saturated heterocycles. The van der Waals surface area contributed by atoms with Crippen LogP contribution in [0, 0.1) is 0 Å². The second-order valence-corrected chi connectivity index (χ2v) is 4.75. The molecule has 0 aliphatic rings. The quantitative estimate of drug-likeness (QED) is 0.736. The molecule has 0 spiro atoms. The summed E-state index contributed by atoms with van der Waals surface area (Å²) in [6.45, 7) is 8.22. The average Bonchev–Trinajstić information content (AvgIpc) is 2.85. The van der Waals surface area contributed by atoms with Crippen molar-refractivity contribution in [1.29, 1.82) is 0 Å². The largest absolute Gasteiger partial charge is 0.493 e. The van der Waals surface area contributed by atoms with Crippen molar-refractivity contribution in [2.75, 3.05) is 19.7 Å². The van der Waals surface area contributed by atoms with E-state index in [9.17, 15) is 0 Å². The first-order chi connectivity index (χ1) is 9.36. The summed E-state index contributed by atoms with van der Waals surface area (Å²) in [6, 6.07) is 8.46. The maximum Gasteiger partial charge on any atom is 0.128 e. The van der Waals surface area contributed by atoms with Gasteiger partial charge in [-0.1, -0.05) is 19.9 Å². The monoisotopic (exact) mass is 260 g/mol. The molecule has 1 N–H and O–H groups in total. The van der Waals surface area contributed by atoms with E-state index in [-0.39, 0.29) is 0 Å². The molecule has 3 nitrogen and oxygen atoms in total. The number of hydrogen-bond donors (Lipinski definition) is 1. The molecule has 2 rings (SSSR count). The van der Waals surface area contributed by atoms with Crippen molar-refractivity contribution in [3.63, 3.8) is 0 Å². The molecule has 0 amide bonds. The van der Waals surface area contributed by atoms with E-state index >= 15 is 0 Å². The number of fused-ring (bicyclic) bond motifs is 1. The Morgan fingerprint density at radius 1 is 1.21 bits per heavy atom. The lowest BCUT2D eigenvalue weighted by atomic mass is 10.2. The van der Waals surface area contributed by atoms with Gasteiger partial charge in [-0.05, 0) is 44.1 Å². The lowest BCUT2D eigenvalue weighted by Gasteiger charge is -2.08. The summed E-state index contributed by atoms with van der Waals surface area (Å²) in [5, 5.41) is 4.58. The van der Waals surface area contributed by atoms with E-state index in [1.807, 2.05) is 0 Å². The van der Waals surface area contributed by atoms with Gasteiger partial charge in [0.15, 0.2) is 0 Å². The first-order valence-electron chi connectivity index (χ1n) is 7.28. The third-order valence-electron chi connectivity index (χ3n) is 3.24. The van der Waals surface area contributed by atoms with Crippen molar-refractivity contribution >= 4 is 10.9 Å². The van der Waals surface area contributed by atoms with Crippen LogP contribution in [-0.4, -0.2) is 24.3 Å². The molecule has 0 radical (unpaired) electrons. The average molecular weight is 260 g/mol. The molecule has 0 fully saturated rings. The second kappa shape index (κ2) is 7.19. The van der Waals surface area contributed by atoms with Crippen LogP contribution in [0.15, 0.2) is 30.5 Å². The van der Waals surface area contributed by atoms with Gasteiger partial charge in [0, 0.05) is 18.1 Å². The third kappa shape index (κ3) is 3.51. The number of ether oxygens (including phenoxy) is 1. The Kier molecular flexibility index (Phi) is 5.28. The zero-order valence-electron chi connectivity index (χ0n) is 12.0. The molecule has 0 saturated carbocycles. The lowest BCUT2D eigenvalue weighted by Crippen LogP contribution is -2.15. The van der Waals surface area contributed by atoms with Crippen LogP contribution < -0.4 is 10.1 Å². The molecule has 1 aromatic heterocycles. The molecule has 0 unspecified atom stereocenters. The molecule has 104 valence electrons. The standard InChI is InChI=1S/C16H24N2O/c1-3-13-19-16-8-5-7-15-14(16)9-12-18(15)11-6-10-17-4-2/h5,7-9,12,17H,3-4,6,10-11,13H2,1-2H3. The molecule has 3 heteroatoms. The van der Waals surface area contributed by atoms with Crippen LogP contribution in [0.5, 0.6) is 5.75 Å². The summed E-state index contributed by atoms with van der Waals surface area (Å²) in [5.74, 6) is 1.00. The van der Waals surface area contributed by atoms with Gasteiger partial charge in [0.25, 0.3) is 0 Å². The number of benzene rings is 1. The van der Waals surface area contributed by atoms with Crippen molar-refractivity contribution in [2.45, 2.75) is 33.2 Å². The maximum absolute atomic E-state index is 5.80. The van der Waals surface area contributed by atoms with Crippen molar-refractivity contribution in [1.82, 2.24) is 9.88 Å². The summed E-state index contributed by atoms with van der Waals surface area (Å²) >= 11 is 0. The van der Waals surface area contributed by atoms with E-state index in [0.29, 0.717) is 0 Å². The Morgan fingerprint density at radius 2 is 2.11 bits per heavy atom. The Hall–Kier alpha value is -1.48. The first kappa shape index (κ1) is 13.9. The SMILES string of the molecule is CCCOc1cccc2c1ccn2CCCNCC. The Labute approximate surface area is 115 Å². The third-order valence-corrected chi connectivity index (χ3v) is 3.24. The van der Waals surface area contributed by atoms with Gasteiger partial charge in [-0.25, -0.2) is 0 Å². The number of rotatable bonds is 8. The highest BCUT2D eigenvalue weighted by Crippen LogP contribution is 2.26. The molecule has 0 atom stereocenters. The highest BCUT2D eigenvalue weighted by Gasteiger charge is 2.05. The van der Waals surface area contributed by atoms with Crippen LogP contribution >= 0.6 is 0 Å². The molecule has 0 aliphatic heterocycles. The fourth-order valence-electron chi connectivity index (χ4n) is 2.28. The second-order valence-electron chi connectivity index (χ2n) is 4.75. The summed E-state index contributed by atoms with van der Waals surface area (Å²) in [4.78, 5) is 0. The number of aromatic nitrogens is 1. The van der Waals surface area contributed by atoms with Crippen LogP contribution in [-0.2, 0) is 6.54 Å². The molecule has 1 heterocycles. The lowest BCUT2D eigenvalue weighted by molar-refractivity contribution is 0.321. The zero-order valence-corrected chi connectivity index (χ0v) is 12.0. The molecular formula is C16H24N2O. The fraction of sp³-hybridized carbons (Fsp3) is 0.500. The molecule has 19 heavy (non-hydrogen) atoms. The van der Waals surface area contributed by atoms with Crippen LogP contribution in [0.2, 0.25) is 0 Å². The van der Waals surface area contributed by atoms with E-state index in [2.05, 4.69) is 54.2 Å². The van der Waals surface area contributed by atoms with Crippen LogP contribution in [0.3, 0.4) is 0 Å². The molecule has 0 aliphatic carbocycles. The summed E-state index contributed by atoms with van der Waals surface area (Å²) in [7, 11) is 0. The van der Waals surface area contributed by atoms with Crippen LogP contribution in [0.4, 0.5) is 0 Å². The zero-order chi connectivity index (χ0) is 13.5. The van der Waals surface area contributed by atoms with E-state index < -0.39 is 0 Å². The Bertz CT molecular complexity index is 504. The number of nitrogens with zero attached hydrogens (tertiary/aromatic N) is 1. The summed E-state index contributed by atoms with van der Waals surface area (Å²) in [6.07, 6.45) is 4.35. The number of hydrogen-bond acceptors (Lipinski definition) is 2. The Balaban J connectivity index is 2.09. The van der Waals surface area contributed by atoms with E-state index in [4.69, 9.17) is 4.74 Å². The van der Waals surface area contributed by atoms with Gasteiger partial charge in [-0.2, -0.15) is 0 Å². The topological polar surface area (TPSA) is 26.2 Å². The van der Waals surface area contributed by atoms with Crippen molar-refractivity contribution in [3.8, 4) is 5.75 Å². The molecule has 1 aromatic carbocycles. The smallest absolute Gasteiger partial charge is 0.128 e. The minimum atomic E-state index is 0.782. The highest BCUT2D eigenvalue weighted by atomic mass is 16.5. The van der Waals surface area contributed by atoms with Crippen molar-refractivity contribution < 1.29 is 4.74 Å². The van der Waals surface area contributed by atoms with Crippen LogP contribution in [0.1, 0.15) is 26.7 Å². The van der Waals surface area contributed by atoms with E-state index in [1.165, 1.54) is 10.9 Å². The predicted molar refractivity (Wildman–Crippen MR) is 80.9 cm³/mol. The van der Waals surface area contributed by atoms with Gasteiger partial charge in [0.1, 0.15) is 5.75 Å². The minimum absolute atomic E-state index is 0.782. The molecular weight excluding hydrogens is 236 g/mol. The van der Waals surface area contributed by atoms with Crippen LogP contribution in [0.25, 0.3) is 10.9 Å². The molecule has 2 aromatic rings. The van der Waals surface area contributed by atoms with Gasteiger partial charge in [-0.15, -0.1) is 0 Å². The summed E-state index contributed by atoms with van der Waals surface area (Å²) in [5.41, 5.74) is 1.27. The van der Waals surface area contributed by atoms with E-state index in [1.54, 1.807) is 0 Å². The normalized spacial score (nSPS) is 11.1. The first-order valence-corrected chi connectivity index (χ1v) is 7.28. The maximum atomic E-state index is 5.80. The van der Waals surface area contributed by atoms with Crippen molar-refractivity contribution in [3.05, 3.63) is 30.5 Å². The van der Waals surface area contributed by atoms with Gasteiger partial charge in [-0.3, -0.25) is 0 Å². The van der Waals surface area contributed by atoms with Gasteiger partial charge < -0.3 is 14.6 Å². The predicted octanol–water partition coefficient (Wildman–Crippen LogP) is 3.43. The summed E-state index contributed by atoms with van der Waals surface area (Å²) < 4.78 is 8.11. The number of nitrogens with one attached hydrogen (secondary N) is 1. The number of aryl methyl sites for hydroxylation is 1. The Morgan fingerprint density at radius 3 is 2.89 bits per heavy atom. The van der Waals surface area contributed by atoms with E-state index in [0.717, 1.165) is 44.8 Å². The van der Waals surface area contributed by atoms with Crippen molar-refractivity contribution in [2.24, 2.45) is 0 Å². The minimum Gasteiger partial charge on any atom is -0.493 e. The highest BCUT2D eigenvalue weighted by molar-refractivity contribution is 5.86. The van der Waals surface area contributed by atoms with Gasteiger partial charge in [0.05, 0.1) is 12.1 Å². The fourth-order valence-corrected chi connectivity index (χ4v) is 2.28. The molecule has 0 bridgehead atoms. The van der Waals surface area contributed by atoms with Gasteiger partial charge >= 0.3 is 0 Å². The van der Waals surface area contributed by atoms with Gasteiger partial charge in [0.2, 0.25) is 0 Å².